The molecular formula is C17H21N3O2. The van der Waals surface area contributed by atoms with E-state index in [-0.39, 0.29) is 5.91 Å². The van der Waals surface area contributed by atoms with Gasteiger partial charge in [0, 0.05) is 6.42 Å². The van der Waals surface area contributed by atoms with Gasteiger partial charge in [-0.3, -0.25) is 4.79 Å². The van der Waals surface area contributed by atoms with Crippen LogP contribution in [0.2, 0.25) is 0 Å². The molecule has 2 rings (SSSR count). The highest BCUT2D eigenvalue weighted by molar-refractivity contribution is 5.91. The van der Waals surface area contributed by atoms with Crippen LogP contribution in [0.5, 0.6) is 6.01 Å². The number of nitrogens with one attached hydrogen (secondary N) is 1. The van der Waals surface area contributed by atoms with E-state index in [9.17, 15) is 4.79 Å². The van der Waals surface area contributed by atoms with Crippen LogP contribution in [-0.2, 0) is 11.2 Å². The van der Waals surface area contributed by atoms with Gasteiger partial charge in [0.15, 0.2) is 0 Å². The Morgan fingerprint density at radius 1 is 1.18 bits per heavy atom. The highest BCUT2D eigenvalue weighted by atomic mass is 16.5. The molecule has 5 heteroatoms. The first kappa shape index (κ1) is 15.9. The summed E-state index contributed by atoms with van der Waals surface area (Å²) >= 11 is 0. The second-order valence-electron chi connectivity index (χ2n) is 5.29. The van der Waals surface area contributed by atoms with Crippen LogP contribution in [0.15, 0.2) is 24.3 Å². The van der Waals surface area contributed by atoms with E-state index >= 15 is 0 Å². The zero-order chi connectivity index (χ0) is 16.1. The van der Waals surface area contributed by atoms with E-state index in [4.69, 9.17) is 4.74 Å². The van der Waals surface area contributed by atoms with Gasteiger partial charge in [-0.1, -0.05) is 29.8 Å². The molecule has 1 N–H and O–H groups in total. The Kier molecular flexibility index (Phi) is 5.09. The second-order valence-corrected chi connectivity index (χ2v) is 5.29. The number of hydrogen-bond acceptors (Lipinski definition) is 4. The van der Waals surface area contributed by atoms with E-state index in [1.54, 1.807) is 0 Å². The fourth-order valence-electron chi connectivity index (χ4n) is 2.29. The molecule has 0 spiro atoms. The van der Waals surface area contributed by atoms with Crippen molar-refractivity contribution in [2.75, 3.05) is 12.4 Å². The molecule has 0 aliphatic heterocycles. The van der Waals surface area contributed by atoms with E-state index in [0.717, 1.165) is 5.56 Å². The molecule has 5 nitrogen and oxygen atoms in total. The van der Waals surface area contributed by atoms with E-state index in [1.165, 1.54) is 12.7 Å². The molecule has 0 aliphatic carbocycles. The van der Waals surface area contributed by atoms with Crippen LogP contribution in [0.4, 0.5) is 5.69 Å². The molecule has 0 aliphatic rings. The maximum absolute atomic E-state index is 12.1. The maximum atomic E-state index is 12.1. The van der Waals surface area contributed by atoms with Crippen molar-refractivity contribution in [2.24, 2.45) is 0 Å². The third-order valence-corrected chi connectivity index (χ3v) is 3.42. The first-order valence-corrected chi connectivity index (χ1v) is 7.24. The third-order valence-electron chi connectivity index (χ3n) is 3.42. The Bertz CT molecular complexity index is 660. The van der Waals surface area contributed by atoms with Crippen LogP contribution in [0.25, 0.3) is 0 Å². The number of aromatic nitrogens is 2. The predicted octanol–water partition coefficient (Wildman–Crippen LogP) is 2.98. The van der Waals surface area contributed by atoms with E-state index in [1.807, 2.05) is 39.0 Å². The lowest BCUT2D eigenvalue weighted by Crippen LogP contribution is -2.15. The molecule has 1 heterocycles. The first-order valence-electron chi connectivity index (χ1n) is 7.24. The quantitative estimate of drug-likeness (QED) is 0.922. The number of amides is 1. The van der Waals surface area contributed by atoms with Crippen LogP contribution in [-0.4, -0.2) is 23.0 Å². The molecule has 0 atom stereocenters. The molecule has 1 amide bonds. The summed E-state index contributed by atoms with van der Waals surface area (Å²) in [5.41, 5.74) is 4.43. The van der Waals surface area contributed by atoms with E-state index in [0.29, 0.717) is 35.9 Å². The van der Waals surface area contributed by atoms with Crippen molar-refractivity contribution in [1.29, 1.82) is 0 Å². The van der Waals surface area contributed by atoms with Gasteiger partial charge in [0.25, 0.3) is 0 Å². The monoisotopic (exact) mass is 299 g/mol. The molecule has 22 heavy (non-hydrogen) atoms. The van der Waals surface area contributed by atoms with Gasteiger partial charge in [-0.25, -0.2) is 0 Å². The van der Waals surface area contributed by atoms with Crippen LogP contribution in [0.3, 0.4) is 0 Å². The van der Waals surface area contributed by atoms with Crippen molar-refractivity contribution in [3.05, 3.63) is 46.8 Å². The van der Waals surface area contributed by atoms with Gasteiger partial charge in [-0.15, -0.1) is 0 Å². The summed E-state index contributed by atoms with van der Waals surface area (Å²) in [6.07, 6.45) is 1.14. The Balaban J connectivity index is 2.00. The number of nitrogens with zero attached hydrogens (tertiary/aromatic N) is 2. The zero-order valence-corrected chi connectivity index (χ0v) is 13.4. The number of aryl methyl sites for hydroxylation is 4. The van der Waals surface area contributed by atoms with Crippen molar-refractivity contribution < 1.29 is 9.53 Å². The summed E-state index contributed by atoms with van der Waals surface area (Å²) in [6, 6.07) is 8.50. The number of anilines is 1. The molecule has 1 aromatic heterocycles. The lowest BCUT2D eigenvalue weighted by Gasteiger charge is -2.11. The van der Waals surface area contributed by atoms with Crippen molar-refractivity contribution in [3.63, 3.8) is 0 Å². The van der Waals surface area contributed by atoms with Gasteiger partial charge in [-0.05, 0) is 32.8 Å². The fraction of sp³-hybridized carbons (Fsp3) is 0.353. The molecule has 1 aromatic carbocycles. The minimum absolute atomic E-state index is 0.0403. The Hall–Kier alpha value is -2.43. The lowest BCUT2D eigenvalue weighted by atomic mass is 10.1. The number of hydrogen-bond donors (Lipinski definition) is 1. The summed E-state index contributed by atoms with van der Waals surface area (Å²) < 4.78 is 5.02. The molecule has 0 fully saturated rings. The van der Waals surface area contributed by atoms with Gasteiger partial charge in [0.1, 0.15) is 0 Å². The van der Waals surface area contributed by atoms with Gasteiger partial charge < -0.3 is 10.1 Å². The third kappa shape index (κ3) is 4.04. The normalized spacial score (nSPS) is 10.4. The van der Waals surface area contributed by atoms with E-state index < -0.39 is 0 Å². The van der Waals surface area contributed by atoms with Gasteiger partial charge >= 0.3 is 6.01 Å². The lowest BCUT2D eigenvalue weighted by molar-refractivity contribution is -0.116. The Labute approximate surface area is 130 Å². The average Bonchev–Trinajstić information content (AvgIpc) is 2.48. The summed E-state index contributed by atoms with van der Waals surface area (Å²) in [5.74, 6) is -0.0403. The fourth-order valence-corrected chi connectivity index (χ4v) is 2.29. The largest absolute Gasteiger partial charge is 0.467 e. The van der Waals surface area contributed by atoms with Crippen LogP contribution < -0.4 is 10.1 Å². The predicted molar refractivity (Wildman–Crippen MR) is 86.2 cm³/mol. The van der Waals surface area contributed by atoms with Gasteiger partial charge in [0.2, 0.25) is 5.91 Å². The van der Waals surface area contributed by atoms with Crippen LogP contribution >= 0.6 is 0 Å². The Morgan fingerprint density at radius 3 is 2.45 bits per heavy atom. The van der Waals surface area contributed by atoms with Gasteiger partial charge in [-0.2, -0.15) is 9.97 Å². The highest BCUT2D eigenvalue weighted by Crippen LogP contribution is 2.19. The zero-order valence-electron chi connectivity index (χ0n) is 13.4. The smallest absolute Gasteiger partial charge is 0.316 e. The van der Waals surface area contributed by atoms with Crippen molar-refractivity contribution in [3.8, 4) is 6.01 Å². The molecule has 116 valence electrons. The number of carbonyl (C=O) groups is 1. The minimum atomic E-state index is -0.0403. The molecule has 0 radical (unpaired) electrons. The number of rotatable bonds is 5. The summed E-state index contributed by atoms with van der Waals surface area (Å²) in [5, 5.41) is 2.90. The molecule has 0 saturated heterocycles. The van der Waals surface area contributed by atoms with Crippen molar-refractivity contribution in [2.45, 2.75) is 33.6 Å². The molecule has 2 aromatic rings. The second kappa shape index (κ2) is 7.02. The number of ether oxygens (including phenoxy) is 1. The summed E-state index contributed by atoms with van der Waals surface area (Å²) in [6.45, 7) is 5.70. The molecule has 0 saturated carbocycles. The molecule has 0 unspecified atom stereocenters. The van der Waals surface area contributed by atoms with Crippen molar-refractivity contribution in [1.82, 2.24) is 9.97 Å². The number of carbonyl (C=O) groups excluding carboxylic acids is 1. The molecule has 0 bridgehead atoms. The van der Waals surface area contributed by atoms with Crippen LogP contribution in [0.1, 0.15) is 28.9 Å². The SMILES string of the molecule is COc1nc(C)c(NC(=O)CCc2cccc(C)c2)c(C)n1. The maximum Gasteiger partial charge on any atom is 0.316 e. The topological polar surface area (TPSA) is 64.1 Å². The van der Waals surface area contributed by atoms with Crippen molar-refractivity contribution >= 4 is 11.6 Å². The van der Waals surface area contributed by atoms with Crippen LogP contribution in [0, 0.1) is 20.8 Å². The van der Waals surface area contributed by atoms with Gasteiger partial charge in [0.05, 0.1) is 24.2 Å². The Morgan fingerprint density at radius 2 is 1.86 bits per heavy atom. The first-order chi connectivity index (χ1) is 10.5. The van der Waals surface area contributed by atoms with E-state index in [2.05, 4.69) is 21.4 Å². The minimum Gasteiger partial charge on any atom is -0.467 e. The number of methoxy groups -OCH3 is 1. The standard InChI is InChI=1S/C17H21N3O2/c1-11-6-5-7-14(10-11)8-9-15(21)20-16-12(2)18-17(22-4)19-13(16)3/h5-7,10H,8-9H2,1-4H3,(H,20,21). The molecular weight excluding hydrogens is 278 g/mol. The number of benzene rings is 1. The highest BCUT2D eigenvalue weighted by Gasteiger charge is 2.12. The summed E-state index contributed by atoms with van der Waals surface area (Å²) in [7, 11) is 1.52. The summed E-state index contributed by atoms with van der Waals surface area (Å²) in [4.78, 5) is 20.5. The average molecular weight is 299 g/mol.